The SMILES string of the molecule is O=C(CN1C(=O)[C@H]2CC=CC[C@H]2C1=O)Nc1nc(-c2ccc(F)c(F)c2)cs1. The minimum absolute atomic E-state index is 0.239. The van der Waals surface area contributed by atoms with E-state index in [1.807, 2.05) is 12.2 Å². The summed E-state index contributed by atoms with van der Waals surface area (Å²) in [5.74, 6) is -3.90. The molecule has 1 aliphatic heterocycles. The van der Waals surface area contributed by atoms with Crippen molar-refractivity contribution in [1.82, 2.24) is 9.88 Å². The number of likely N-dealkylation sites (tertiary alicyclic amines) is 1. The number of amides is 3. The molecule has 3 amide bonds. The zero-order valence-corrected chi connectivity index (χ0v) is 15.3. The van der Waals surface area contributed by atoms with Crippen LogP contribution >= 0.6 is 11.3 Å². The van der Waals surface area contributed by atoms with Crippen LogP contribution in [0.15, 0.2) is 35.7 Å². The van der Waals surface area contributed by atoms with Gasteiger partial charge in [-0.1, -0.05) is 12.2 Å². The van der Waals surface area contributed by atoms with Crippen molar-refractivity contribution in [1.29, 1.82) is 0 Å². The molecule has 1 aromatic carbocycles. The maximum atomic E-state index is 13.4. The average Bonchev–Trinajstić information content (AvgIpc) is 3.23. The molecule has 144 valence electrons. The number of fused-ring (bicyclic) bond motifs is 1. The van der Waals surface area contributed by atoms with Crippen molar-refractivity contribution in [2.45, 2.75) is 12.8 Å². The van der Waals surface area contributed by atoms with Crippen LogP contribution in [0, 0.1) is 23.5 Å². The minimum atomic E-state index is -0.988. The molecular formula is C19H15F2N3O3S. The second kappa shape index (κ2) is 7.23. The molecular weight excluding hydrogens is 388 g/mol. The third-order valence-corrected chi connectivity index (χ3v) is 5.62. The first-order valence-corrected chi connectivity index (χ1v) is 9.53. The number of carbonyl (C=O) groups is 3. The molecule has 1 aliphatic carbocycles. The Balaban J connectivity index is 1.42. The maximum Gasteiger partial charge on any atom is 0.246 e. The molecule has 2 aliphatic rings. The number of benzene rings is 1. The van der Waals surface area contributed by atoms with Crippen molar-refractivity contribution in [3.05, 3.63) is 47.4 Å². The number of halogens is 2. The highest BCUT2D eigenvalue weighted by Gasteiger charge is 2.47. The number of nitrogens with one attached hydrogen (secondary N) is 1. The van der Waals surface area contributed by atoms with E-state index in [0.29, 0.717) is 24.1 Å². The normalized spacial score (nSPS) is 21.1. The van der Waals surface area contributed by atoms with E-state index in [-0.39, 0.29) is 35.3 Å². The van der Waals surface area contributed by atoms with Crippen molar-refractivity contribution in [3.63, 3.8) is 0 Å². The number of aromatic nitrogens is 1. The lowest BCUT2D eigenvalue weighted by Gasteiger charge is -2.14. The summed E-state index contributed by atoms with van der Waals surface area (Å²) in [4.78, 5) is 42.3. The fourth-order valence-electron chi connectivity index (χ4n) is 3.45. The highest BCUT2D eigenvalue weighted by Crippen LogP contribution is 2.35. The maximum absolute atomic E-state index is 13.4. The molecule has 2 heterocycles. The lowest BCUT2D eigenvalue weighted by atomic mass is 9.85. The Labute approximate surface area is 162 Å². The molecule has 1 saturated heterocycles. The van der Waals surface area contributed by atoms with Gasteiger partial charge < -0.3 is 5.32 Å². The van der Waals surface area contributed by atoms with Gasteiger partial charge in [0.25, 0.3) is 0 Å². The summed E-state index contributed by atoms with van der Waals surface area (Å²) < 4.78 is 26.4. The van der Waals surface area contributed by atoms with Crippen LogP contribution in [0.3, 0.4) is 0 Å². The molecule has 4 rings (SSSR count). The number of hydrogen-bond acceptors (Lipinski definition) is 5. The van der Waals surface area contributed by atoms with Crippen LogP contribution < -0.4 is 5.32 Å². The van der Waals surface area contributed by atoms with E-state index in [4.69, 9.17) is 0 Å². The van der Waals surface area contributed by atoms with Gasteiger partial charge in [-0.05, 0) is 31.0 Å². The van der Waals surface area contributed by atoms with E-state index in [1.165, 1.54) is 6.07 Å². The number of carbonyl (C=O) groups excluding carboxylic acids is 3. The summed E-state index contributed by atoms with van der Waals surface area (Å²) in [7, 11) is 0. The second-order valence-corrected chi connectivity index (χ2v) is 7.49. The van der Waals surface area contributed by atoms with Crippen LogP contribution in [0.1, 0.15) is 12.8 Å². The quantitative estimate of drug-likeness (QED) is 0.629. The lowest BCUT2D eigenvalue weighted by molar-refractivity contribution is -0.142. The number of hydrogen-bond donors (Lipinski definition) is 1. The number of nitrogens with zero attached hydrogens (tertiary/aromatic N) is 2. The van der Waals surface area contributed by atoms with Gasteiger partial charge in [-0.15, -0.1) is 11.3 Å². The zero-order valence-electron chi connectivity index (χ0n) is 14.5. The van der Waals surface area contributed by atoms with Crippen molar-refractivity contribution in [2.24, 2.45) is 11.8 Å². The summed E-state index contributed by atoms with van der Waals surface area (Å²) >= 11 is 1.10. The Hall–Kier alpha value is -2.94. The molecule has 0 radical (unpaired) electrons. The first kappa shape index (κ1) is 18.4. The molecule has 2 atom stereocenters. The summed E-state index contributed by atoms with van der Waals surface area (Å²) in [5, 5.41) is 4.38. The zero-order chi connectivity index (χ0) is 19.8. The van der Waals surface area contributed by atoms with Gasteiger partial charge >= 0.3 is 0 Å². The van der Waals surface area contributed by atoms with Crippen LogP contribution in [0.5, 0.6) is 0 Å². The van der Waals surface area contributed by atoms with Crippen LogP contribution in [0.4, 0.5) is 13.9 Å². The fourth-order valence-corrected chi connectivity index (χ4v) is 4.18. The third-order valence-electron chi connectivity index (χ3n) is 4.87. The summed E-state index contributed by atoms with van der Waals surface area (Å²) in [6, 6.07) is 3.41. The van der Waals surface area contributed by atoms with Gasteiger partial charge in [-0.2, -0.15) is 0 Å². The molecule has 0 bridgehead atoms. The van der Waals surface area contributed by atoms with E-state index < -0.39 is 17.5 Å². The van der Waals surface area contributed by atoms with E-state index in [1.54, 1.807) is 5.38 Å². The summed E-state index contributed by atoms with van der Waals surface area (Å²) in [5.41, 5.74) is 0.752. The van der Waals surface area contributed by atoms with Crippen LogP contribution in [0.2, 0.25) is 0 Å². The molecule has 9 heteroatoms. The van der Waals surface area contributed by atoms with Gasteiger partial charge in [0, 0.05) is 10.9 Å². The number of anilines is 1. The Kier molecular flexibility index (Phi) is 4.76. The van der Waals surface area contributed by atoms with Gasteiger partial charge in [0.1, 0.15) is 6.54 Å². The Morgan fingerprint density at radius 1 is 1.14 bits per heavy atom. The Morgan fingerprint density at radius 3 is 2.46 bits per heavy atom. The van der Waals surface area contributed by atoms with E-state index in [2.05, 4.69) is 10.3 Å². The topological polar surface area (TPSA) is 79.4 Å². The molecule has 1 N–H and O–H groups in total. The van der Waals surface area contributed by atoms with Crippen molar-refractivity contribution >= 4 is 34.2 Å². The van der Waals surface area contributed by atoms with Crippen LogP contribution in [-0.4, -0.2) is 34.2 Å². The van der Waals surface area contributed by atoms with Crippen molar-refractivity contribution in [2.75, 3.05) is 11.9 Å². The minimum Gasteiger partial charge on any atom is -0.300 e. The highest BCUT2D eigenvalue weighted by molar-refractivity contribution is 7.14. The number of allylic oxidation sites excluding steroid dienone is 2. The van der Waals surface area contributed by atoms with Gasteiger partial charge in [-0.3, -0.25) is 19.3 Å². The molecule has 28 heavy (non-hydrogen) atoms. The van der Waals surface area contributed by atoms with Crippen LogP contribution in [0.25, 0.3) is 11.3 Å². The monoisotopic (exact) mass is 403 g/mol. The molecule has 1 aromatic heterocycles. The number of rotatable bonds is 4. The Bertz CT molecular complexity index is 978. The first-order chi connectivity index (χ1) is 13.4. The molecule has 0 saturated carbocycles. The van der Waals surface area contributed by atoms with Crippen molar-refractivity contribution < 1.29 is 23.2 Å². The highest BCUT2D eigenvalue weighted by atomic mass is 32.1. The second-order valence-electron chi connectivity index (χ2n) is 6.63. The van der Waals surface area contributed by atoms with Crippen LogP contribution in [-0.2, 0) is 14.4 Å². The first-order valence-electron chi connectivity index (χ1n) is 8.65. The number of thiazole rings is 1. The fraction of sp³-hybridized carbons (Fsp3) is 0.263. The van der Waals surface area contributed by atoms with Gasteiger partial charge in [0.15, 0.2) is 16.8 Å². The van der Waals surface area contributed by atoms with Crippen molar-refractivity contribution in [3.8, 4) is 11.3 Å². The van der Waals surface area contributed by atoms with E-state index in [0.717, 1.165) is 28.4 Å². The predicted octanol–water partition coefficient (Wildman–Crippen LogP) is 2.98. The average molecular weight is 403 g/mol. The predicted molar refractivity (Wildman–Crippen MR) is 98.2 cm³/mol. The molecule has 6 nitrogen and oxygen atoms in total. The standard InChI is InChI=1S/C19H15F2N3O3S/c20-13-6-5-10(7-14(13)21)15-9-28-19(22-15)23-16(25)8-24-17(26)11-3-1-2-4-12(11)18(24)27/h1-2,5-7,9,11-12H,3-4,8H2,(H,22,23,25)/t11-,12+. The molecule has 1 fully saturated rings. The molecule has 0 unspecified atom stereocenters. The summed E-state index contributed by atoms with van der Waals surface area (Å²) in [6.45, 7) is -0.370. The molecule has 0 spiro atoms. The molecule has 2 aromatic rings. The van der Waals surface area contributed by atoms with E-state index >= 15 is 0 Å². The Morgan fingerprint density at radius 2 is 1.82 bits per heavy atom. The van der Waals surface area contributed by atoms with E-state index in [9.17, 15) is 23.2 Å². The number of imide groups is 1. The van der Waals surface area contributed by atoms with Gasteiger partial charge in [-0.25, -0.2) is 13.8 Å². The van der Waals surface area contributed by atoms with Gasteiger partial charge in [0.05, 0.1) is 17.5 Å². The largest absolute Gasteiger partial charge is 0.300 e. The van der Waals surface area contributed by atoms with Gasteiger partial charge in [0.2, 0.25) is 17.7 Å². The lowest BCUT2D eigenvalue weighted by Crippen LogP contribution is -2.38. The third kappa shape index (κ3) is 3.33. The summed E-state index contributed by atoms with van der Waals surface area (Å²) in [6.07, 6.45) is 4.78. The smallest absolute Gasteiger partial charge is 0.246 e.